The van der Waals surface area contributed by atoms with Gasteiger partial charge >= 0.3 is 0 Å². The molecule has 1 fully saturated rings. The minimum Gasteiger partial charge on any atom is -0.300 e. The maximum absolute atomic E-state index is 12.7. The molecule has 124 valence electrons. The monoisotopic (exact) mass is 324 g/mol. The Morgan fingerprint density at radius 2 is 1.50 bits per heavy atom. The molecule has 1 aromatic rings. The van der Waals surface area contributed by atoms with Gasteiger partial charge in [-0.25, -0.2) is 8.42 Å². The summed E-state index contributed by atoms with van der Waals surface area (Å²) in [5.41, 5.74) is 1.17. The Balaban J connectivity index is 2.05. The topological polar surface area (TPSA) is 40.6 Å². The van der Waals surface area contributed by atoms with E-state index in [2.05, 4.69) is 32.6 Å². The molecular weight excluding hydrogens is 296 g/mol. The van der Waals surface area contributed by atoms with Gasteiger partial charge < -0.3 is 4.90 Å². The van der Waals surface area contributed by atoms with Gasteiger partial charge in [0.05, 0.1) is 4.90 Å². The summed E-state index contributed by atoms with van der Waals surface area (Å²) in [5.74, 6) is 1.03. The van der Waals surface area contributed by atoms with E-state index >= 15 is 0 Å². The number of rotatable bonds is 5. The lowest BCUT2D eigenvalue weighted by Gasteiger charge is -2.34. The van der Waals surface area contributed by atoms with Crippen LogP contribution in [0.15, 0.2) is 29.2 Å². The third-order valence-corrected chi connectivity index (χ3v) is 6.05. The summed E-state index contributed by atoms with van der Waals surface area (Å²) < 4.78 is 27.0. The van der Waals surface area contributed by atoms with Crippen molar-refractivity contribution in [2.75, 3.05) is 32.7 Å². The molecule has 0 unspecified atom stereocenters. The number of hydrogen-bond donors (Lipinski definition) is 0. The van der Waals surface area contributed by atoms with Gasteiger partial charge in [0.25, 0.3) is 0 Å². The number of benzene rings is 1. The molecule has 1 saturated heterocycles. The van der Waals surface area contributed by atoms with E-state index in [0.717, 1.165) is 19.6 Å². The van der Waals surface area contributed by atoms with Crippen molar-refractivity contribution < 1.29 is 8.42 Å². The fourth-order valence-corrected chi connectivity index (χ4v) is 4.26. The number of hydrogen-bond acceptors (Lipinski definition) is 3. The van der Waals surface area contributed by atoms with Crippen LogP contribution < -0.4 is 0 Å². The van der Waals surface area contributed by atoms with E-state index in [0.29, 0.717) is 29.8 Å². The van der Waals surface area contributed by atoms with Gasteiger partial charge in [-0.05, 0) is 29.5 Å². The summed E-state index contributed by atoms with van der Waals surface area (Å²) in [6.07, 6.45) is 0. The molecule has 0 atom stereocenters. The van der Waals surface area contributed by atoms with Crippen molar-refractivity contribution in [2.24, 2.45) is 5.92 Å². The maximum atomic E-state index is 12.7. The first-order valence-electron chi connectivity index (χ1n) is 8.13. The number of sulfonamides is 1. The molecule has 0 spiro atoms. The van der Waals surface area contributed by atoms with Gasteiger partial charge in [-0.2, -0.15) is 4.31 Å². The second-order valence-corrected chi connectivity index (χ2v) is 8.76. The predicted molar refractivity (Wildman–Crippen MR) is 90.6 cm³/mol. The lowest BCUT2D eigenvalue weighted by Crippen LogP contribution is -2.49. The van der Waals surface area contributed by atoms with Gasteiger partial charge in [-0.3, -0.25) is 0 Å². The number of piperazine rings is 1. The van der Waals surface area contributed by atoms with Crippen LogP contribution in [0.25, 0.3) is 0 Å². The molecule has 0 saturated carbocycles. The van der Waals surface area contributed by atoms with Crippen LogP contribution in [0.2, 0.25) is 0 Å². The highest BCUT2D eigenvalue weighted by molar-refractivity contribution is 7.89. The van der Waals surface area contributed by atoms with E-state index in [-0.39, 0.29) is 0 Å². The highest BCUT2D eigenvalue weighted by Crippen LogP contribution is 2.21. The summed E-state index contributed by atoms with van der Waals surface area (Å²) in [6.45, 7) is 12.5. The Morgan fingerprint density at radius 1 is 0.955 bits per heavy atom. The molecule has 0 N–H and O–H groups in total. The largest absolute Gasteiger partial charge is 0.300 e. The average molecular weight is 324 g/mol. The minimum absolute atomic E-state index is 0.411. The molecule has 0 amide bonds. The van der Waals surface area contributed by atoms with Crippen molar-refractivity contribution in [1.82, 2.24) is 9.21 Å². The molecule has 1 heterocycles. The van der Waals surface area contributed by atoms with Gasteiger partial charge in [0.1, 0.15) is 0 Å². The molecule has 4 nitrogen and oxygen atoms in total. The molecule has 2 rings (SSSR count). The molecule has 5 heteroatoms. The highest BCUT2D eigenvalue weighted by atomic mass is 32.2. The average Bonchev–Trinajstić information content (AvgIpc) is 2.47. The molecule has 0 radical (unpaired) electrons. The van der Waals surface area contributed by atoms with Crippen LogP contribution in [-0.2, 0) is 10.0 Å². The van der Waals surface area contributed by atoms with Crippen LogP contribution in [-0.4, -0.2) is 50.3 Å². The van der Waals surface area contributed by atoms with E-state index in [1.807, 2.05) is 12.1 Å². The standard InChI is InChI=1S/C17H28N2O2S/c1-14(2)13-18-9-11-19(12-10-18)22(20,21)17-7-5-16(6-8-17)15(3)4/h5-8,14-15H,9-13H2,1-4H3. The Morgan fingerprint density at radius 3 is 1.95 bits per heavy atom. The molecule has 22 heavy (non-hydrogen) atoms. The fraction of sp³-hybridized carbons (Fsp3) is 0.647. The Labute approximate surface area is 135 Å². The van der Waals surface area contributed by atoms with Crippen LogP contribution in [0.4, 0.5) is 0 Å². The lowest BCUT2D eigenvalue weighted by molar-refractivity contribution is 0.172. The first kappa shape index (κ1) is 17.4. The van der Waals surface area contributed by atoms with Crippen LogP contribution in [0.5, 0.6) is 0 Å². The smallest absolute Gasteiger partial charge is 0.243 e. The quantitative estimate of drug-likeness (QED) is 0.836. The Bertz CT molecular complexity index is 571. The summed E-state index contributed by atoms with van der Waals surface area (Å²) in [4.78, 5) is 2.76. The van der Waals surface area contributed by atoms with Gasteiger partial charge in [-0.1, -0.05) is 39.8 Å². The zero-order valence-corrected chi connectivity index (χ0v) is 14.9. The molecule has 1 aliphatic rings. The first-order valence-corrected chi connectivity index (χ1v) is 9.57. The van der Waals surface area contributed by atoms with Crippen molar-refractivity contribution in [3.63, 3.8) is 0 Å². The summed E-state index contributed by atoms with van der Waals surface area (Å²) in [6, 6.07) is 7.33. The molecular formula is C17H28N2O2S. The summed E-state index contributed by atoms with van der Waals surface area (Å²) in [7, 11) is -3.35. The van der Waals surface area contributed by atoms with Crippen molar-refractivity contribution in [2.45, 2.75) is 38.5 Å². The molecule has 0 aromatic heterocycles. The minimum atomic E-state index is -3.35. The van der Waals surface area contributed by atoms with Crippen molar-refractivity contribution in [3.8, 4) is 0 Å². The van der Waals surface area contributed by atoms with Crippen molar-refractivity contribution >= 4 is 10.0 Å². The van der Waals surface area contributed by atoms with Crippen molar-refractivity contribution in [1.29, 1.82) is 0 Å². The van der Waals surface area contributed by atoms with Crippen molar-refractivity contribution in [3.05, 3.63) is 29.8 Å². The van der Waals surface area contributed by atoms with E-state index in [1.54, 1.807) is 16.4 Å². The Hall–Kier alpha value is -0.910. The fourth-order valence-electron chi connectivity index (χ4n) is 2.84. The molecule has 0 aliphatic carbocycles. The number of nitrogens with zero attached hydrogens (tertiary/aromatic N) is 2. The van der Waals surface area contributed by atoms with Gasteiger partial charge in [0.15, 0.2) is 0 Å². The van der Waals surface area contributed by atoms with Gasteiger partial charge in [-0.15, -0.1) is 0 Å². The lowest BCUT2D eigenvalue weighted by atomic mass is 10.0. The van der Waals surface area contributed by atoms with Crippen LogP contribution in [0, 0.1) is 5.92 Å². The normalized spacial score (nSPS) is 18.3. The highest BCUT2D eigenvalue weighted by Gasteiger charge is 2.28. The second-order valence-electron chi connectivity index (χ2n) is 6.82. The predicted octanol–water partition coefficient (Wildman–Crippen LogP) is 2.77. The third kappa shape index (κ3) is 4.09. The van der Waals surface area contributed by atoms with Crippen LogP contribution >= 0.6 is 0 Å². The molecule has 1 aliphatic heterocycles. The third-order valence-electron chi connectivity index (χ3n) is 4.14. The SMILES string of the molecule is CC(C)CN1CCN(S(=O)(=O)c2ccc(C(C)C)cc2)CC1. The van der Waals surface area contributed by atoms with E-state index in [9.17, 15) is 8.42 Å². The van der Waals surface area contributed by atoms with Crippen LogP contribution in [0.3, 0.4) is 0 Å². The molecule has 1 aromatic carbocycles. The van der Waals surface area contributed by atoms with E-state index in [4.69, 9.17) is 0 Å². The zero-order valence-electron chi connectivity index (χ0n) is 14.1. The summed E-state index contributed by atoms with van der Waals surface area (Å²) in [5, 5.41) is 0. The van der Waals surface area contributed by atoms with Gasteiger partial charge in [0, 0.05) is 32.7 Å². The van der Waals surface area contributed by atoms with E-state index in [1.165, 1.54) is 5.56 Å². The maximum Gasteiger partial charge on any atom is 0.243 e. The first-order chi connectivity index (χ1) is 10.3. The van der Waals surface area contributed by atoms with E-state index < -0.39 is 10.0 Å². The second kappa shape index (κ2) is 7.11. The molecule has 0 bridgehead atoms. The van der Waals surface area contributed by atoms with Crippen LogP contribution in [0.1, 0.15) is 39.2 Å². The summed E-state index contributed by atoms with van der Waals surface area (Å²) >= 11 is 0. The Kier molecular flexibility index (Phi) is 5.64. The zero-order chi connectivity index (χ0) is 16.3. The van der Waals surface area contributed by atoms with Gasteiger partial charge in [0.2, 0.25) is 10.0 Å².